The minimum Gasteiger partial charge on any atom is -0.273 e. The second-order valence-electron chi connectivity index (χ2n) is 8.45. The third kappa shape index (κ3) is 5.29. The highest BCUT2D eigenvalue weighted by Gasteiger charge is 2.27. The van der Waals surface area contributed by atoms with Crippen LogP contribution < -0.4 is 4.72 Å². The lowest BCUT2D eigenvalue weighted by atomic mass is 9.91. The smallest absolute Gasteiger partial charge is 0.264 e. The van der Waals surface area contributed by atoms with Gasteiger partial charge in [-0.3, -0.25) is 4.79 Å². The van der Waals surface area contributed by atoms with Gasteiger partial charge in [0.15, 0.2) is 0 Å². The zero-order valence-electron chi connectivity index (χ0n) is 18.6. The molecule has 0 saturated carbocycles. The SMILES string of the molecule is Cc1ccc(CC(C(=O)NS(=O)(=O)c2ccc(C(C)C)cc2)c2ccc3nsnc3c2)cc1. The molecule has 1 heterocycles. The number of hydrogen-bond donors (Lipinski definition) is 1. The van der Waals surface area contributed by atoms with Gasteiger partial charge >= 0.3 is 0 Å². The number of aryl methyl sites for hydroxylation is 1. The van der Waals surface area contributed by atoms with Crippen molar-refractivity contribution in [3.8, 4) is 0 Å². The molecular formula is C25H25N3O3S2. The summed E-state index contributed by atoms with van der Waals surface area (Å²) >= 11 is 1.10. The highest BCUT2D eigenvalue weighted by molar-refractivity contribution is 7.90. The third-order valence-electron chi connectivity index (χ3n) is 5.65. The summed E-state index contributed by atoms with van der Waals surface area (Å²) in [6.45, 7) is 6.07. The van der Waals surface area contributed by atoms with E-state index >= 15 is 0 Å². The number of fused-ring (bicyclic) bond motifs is 1. The maximum Gasteiger partial charge on any atom is 0.264 e. The van der Waals surface area contributed by atoms with Crippen LogP contribution in [0, 0.1) is 6.92 Å². The van der Waals surface area contributed by atoms with Gasteiger partial charge in [0.05, 0.1) is 22.5 Å². The molecular weight excluding hydrogens is 454 g/mol. The summed E-state index contributed by atoms with van der Waals surface area (Å²) in [4.78, 5) is 13.4. The topological polar surface area (TPSA) is 89.0 Å². The first-order valence-corrected chi connectivity index (χ1v) is 12.9. The van der Waals surface area contributed by atoms with Crippen molar-refractivity contribution in [3.05, 3.63) is 89.0 Å². The number of rotatable bonds is 7. The number of nitrogens with one attached hydrogen (secondary N) is 1. The summed E-state index contributed by atoms with van der Waals surface area (Å²) in [6, 6.07) is 19.9. The van der Waals surface area contributed by atoms with Crippen LogP contribution in [0.4, 0.5) is 0 Å². The first-order chi connectivity index (χ1) is 15.7. The fourth-order valence-electron chi connectivity index (χ4n) is 3.63. The number of carbonyl (C=O) groups is 1. The van der Waals surface area contributed by atoms with E-state index in [0.29, 0.717) is 17.5 Å². The van der Waals surface area contributed by atoms with Crippen molar-refractivity contribution in [2.75, 3.05) is 0 Å². The van der Waals surface area contributed by atoms with Gasteiger partial charge in [-0.05, 0) is 60.2 Å². The van der Waals surface area contributed by atoms with Gasteiger partial charge in [-0.25, -0.2) is 13.1 Å². The Morgan fingerprint density at radius 2 is 1.55 bits per heavy atom. The second-order valence-corrected chi connectivity index (χ2v) is 10.7. The van der Waals surface area contributed by atoms with Gasteiger partial charge in [0.25, 0.3) is 10.0 Å². The molecule has 1 aromatic heterocycles. The van der Waals surface area contributed by atoms with Gasteiger partial charge in [0.1, 0.15) is 11.0 Å². The molecule has 8 heteroatoms. The monoisotopic (exact) mass is 479 g/mol. The van der Waals surface area contributed by atoms with Crippen molar-refractivity contribution in [2.45, 2.75) is 43.9 Å². The zero-order chi connectivity index (χ0) is 23.6. The van der Waals surface area contributed by atoms with E-state index in [9.17, 15) is 13.2 Å². The predicted molar refractivity (Wildman–Crippen MR) is 131 cm³/mol. The molecule has 1 unspecified atom stereocenters. The van der Waals surface area contributed by atoms with Crippen molar-refractivity contribution in [3.63, 3.8) is 0 Å². The average molecular weight is 480 g/mol. The van der Waals surface area contributed by atoms with Crippen LogP contribution in [0.2, 0.25) is 0 Å². The Kier molecular flexibility index (Phi) is 6.58. The second kappa shape index (κ2) is 9.41. The fourth-order valence-corrected chi connectivity index (χ4v) is 5.17. The van der Waals surface area contributed by atoms with Crippen LogP contribution in [0.3, 0.4) is 0 Å². The van der Waals surface area contributed by atoms with Gasteiger partial charge in [0, 0.05) is 0 Å². The lowest BCUT2D eigenvalue weighted by Gasteiger charge is -2.18. The van der Waals surface area contributed by atoms with Gasteiger partial charge in [-0.1, -0.05) is 61.9 Å². The lowest BCUT2D eigenvalue weighted by molar-refractivity contribution is -0.120. The number of benzene rings is 3. The van der Waals surface area contributed by atoms with E-state index in [0.717, 1.165) is 33.9 Å². The highest BCUT2D eigenvalue weighted by Crippen LogP contribution is 2.26. The molecule has 0 aliphatic heterocycles. The molecule has 4 aromatic rings. The van der Waals surface area contributed by atoms with E-state index in [1.807, 2.05) is 57.2 Å². The Labute approximate surface area is 198 Å². The number of carbonyl (C=O) groups excluding carboxylic acids is 1. The van der Waals surface area contributed by atoms with Crippen LogP contribution in [0.15, 0.2) is 71.6 Å². The van der Waals surface area contributed by atoms with E-state index in [-0.39, 0.29) is 10.8 Å². The van der Waals surface area contributed by atoms with E-state index in [1.54, 1.807) is 18.2 Å². The minimum atomic E-state index is -4.01. The number of nitrogens with zero attached hydrogens (tertiary/aromatic N) is 2. The Balaban J connectivity index is 1.65. The molecule has 170 valence electrons. The molecule has 0 radical (unpaired) electrons. The molecule has 33 heavy (non-hydrogen) atoms. The summed E-state index contributed by atoms with van der Waals surface area (Å²) < 4.78 is 36.7. The van der Waals surface area contributed by atoms with Gasteiger partial charge in [0.2, 0.25) is 5.91 Å². The maximum atomic E-state index is 13.3. The van der Waals surface area contributed by atoms with Crippen LogP contribution in [0.1, 0.15) is 47.9 Å². The summed E-state index contributed by atoms with van der Waals surface area (Å²) in [5.74, 6) is -1.00. The van der Waals surface area contributed by atoms with Crippen molar-refractivity contribution < 1.29 is 13.2 Å². The van der Waals surface area contributed by atoms with Crippen LogP contribution in [0.25, 0.3) is 11.0 Å². The van der Waals surface area contributed by atoms with Crippen LogP contribution in [0.5, 0.6) is 0 Å². The lowest BCUT2D eigenvalue weighted by Crippen LogP contribution is -2.35. The first kappa shape index (κ1) is 23.1. The summed E-state index contributed by atoms with van der Waals surface area (Å²) in [6.07, 6.45) is 0.358. The molecule has 0 aliphatic rings. The Morgan fingerprint density at radius 3 is 2.21 bits per heavy atom. The number of sulfonamides is 1. The van der Waals surface area contributed by atoms with Crippen LogP contribution in [-0.2, 0) is 21.2 Å². The molecule has 4 rings (SSSR count). The van der Waals surface area contributed by atoms with Gasteiger partial charge in [-0.15, -0.1) is 0 Å². The van der Waals surface area contributed by atoms with Gasteiger partial charge < -0.3 is 0 Å². The van der Waals surface area contributed by atoms with Crippen molar-refractivity contribution in [1.82, 2.24) is 13.5 Å². The molecule has 1 N–H and O–H groups in total. The molecule has 0 saturated heterocycles. The van der Waals surface area contributed by atoms with E-state index in [1.165, 1.54) is 12.1 Å². The van der Waals surface area contributed by atoms with Crippen LogP contribution >= 0.6 is 11.7 Å². The molecule has 3 aromatic carbocycles. The highest BCUT2D eigenvalue weighted by atomic mass is 32.2. The summed E-state index contributed by atoms with van der Waals surface area (Å²) in [7, 11) is -4.01. The van der Waals surface area contributed by atoms with Crippen molar-refractivity contribution in [2.24, 2.45) is 0 Å². The fraction of sp³-hybridized carbons (Fsp3) is 0.240. The average Bonchev–Trinajstić information content (AvgIpc) is 3.26. The van der Waals surface area contributed by atoms with E-state index in [2.05, 4.69) is 13.5 Å². The molecule has 1 amide bonds. The van der Waals surface area contributed by atoms with E-state index in [4.69, 9.17) is 0 Å². The maximum absolute atomic E-state index is 13.3. The number of hydrogen-bond acceptors (Lipinski definition) is 6. The first-order valence-electron chi connectivity index (χ1n) is 10.7. The molecule has 0 spiro atoms. The number of amides is 1. The summed E-state index contributed by atoms with van der Waals surface area (Å²) in [5.41, 5.74) is 5.21. The predicted octanol–water partition coefficient (Wildman–Crippen LogP) is 4.95. The molecule has 0 fully saturated rings. The molecule has 0 aliphatic carbocycles. The normalized spacial score (nSPS) is 12.7. The zero-order valence-corrected chi connectivity index (χ0v) is 20.3. The molecule has 1 atom stereocenters. The van der Waals surface area contributed by atoms with Crippen molar-refractivity contribution >= 4 is 38.7 Å². The van der Waals surface area contributed by atoms with Crippen molar-refractivity contribution in [1.29, 1.82) is 0 Å². The largest absolute Gasteiger partial charge is 0.273 e. The molecule has 0 bridgehead atoms. The van der Waals surface area contributed by atoms with Gasteiger partial charge in [-0.2, -0.15) is 8.75 Å². The summed E-state index contributed by atoms with van der Waals surface area (Å²) in [5, 5.41) is 0. The number of aromatic nitrogens is 2. The Bertz CT molecular complexity index is 1380. The Hall–Kier alpha value is -3.10. The third-order valence-corrected chi connectivity index (χ3v) is 7.57. The minimum absolute atomic E-state index is 0.0634. The standard InChI is InChI=1S/C25H25N3O3S2/c1-16(2)19-8-11-21(12-9-19)33(30,31)28-25(29)22(14-18-6-4-17(3)5-7-18)20-10-13-23-24(15-20)27-32-26-23/h4-13,15-16,22H,14H2,1-3H3,(H,28,29). The van der Waals surface area contributed by atoms with Crippen LogP contribution in [-0.4, -0.2) is 23.1 Å². The van der Waals surface area contributed by atoms with E-state index < -0.39 is 21.8 Å². The molecule has 6 nitrogen and oxygen atoms in total. The Morgan fingerprint density at radius 1 is 0.909 bits per heavy atom. The quantitative estimate of drug-likeness (QED) is 0.405.